The lowest BCUT2D eigenvalue weighted by Gasteiger charge is -2.30. The van der Waals surface area contributed by atoms with Gasteiger partial charge < -0.3 is 9.47 Å². The average molecular weight is 300 g/mol. The monoisotopic (exact) mass is 299 g/mol. The lowest BCUT2D eigenvalue weighted by molar-refractivity contribution is 0.555. The van der Waals surface area contributed by atoms with Crippen LogP contribution < -0.4 is 10.5 Å². The van der Waals surface area contributed by atoms with E-state index in [1.165, 1.54) is 0 Å². The van der Waals surface area contributed by atoms with Crippen molar-refractivity contribution in [1.82, 2.24) is 9.55 Å². The van der Waals surface area contributed by atoms with Crippen molar-refractivity contribution in [3.05, 3.63) is 22.7 Å². The van der Waals surface area contributed by atoms with E-state index in [-0.39, 0.29) is 11.6 Å². The third-order valence-electron chi connectivity index (χ3n) is 3.13. The largest absolute Gasteiger partial charge is 0.352 e. The van der Waals surface area contributed by atoms with E-state index in [1.807, 2.05) is 13.8 Å². The first-order valence-corrected chi connectivity index (χ1v) is 6.97. The van der Waals surface area contributed by atoms with Crippen LogP contribution in [0, 0.1) is 0 Å². The van der Waals surface area contributed by atoms with Crippen LogP contribution in [-0.4, -0.2) is 27.5 Å². The van der Waals surface area contributed by atoms with E-state index in [4.69, 9.17) is 0 Å². The molecule has 1 aliphatic rings. The van der Waals surface area contributed by atoms with Gasteiger partial charge in [-0.1, -0.05) is 15.9 Å². The van der Waals surface area contributed by atoms with Crippen molar-refractivity contribution < 1.29 is 0 Å². The summed E-state index contributed by atoms with van der Waals surface area (Å²) in [7, 11) is 0. The minimum absolute atomic E-state index is 0.0236. The van der Waals surface area contributed by atoms with Crippen LogP contribution in [0.25, 0.3) is 0 Å². The van der Waals surface area contributed by atoms with E-state index in [0.717, 1.165) is 25.9 Å². The molecule has 0 saturated carbocycles. The molecule has 0 amide bonds. The molecule has 0 unspecified atom stereocenters. The molecule has 1 aromatic rings. The maximum atomic E-state index is 12.2. The molecule has 0 aromatic carbocycles. The molecule has 4 nitrogen and oxygen atoms in total. The Bertz CT molecular complexity index is 436. The molecular formula is C12H18BrN3O. The van der Waals surface area contributed by atoms with Crippen LogP contribution in [0.1, 0.15) is 32.7 Å². The summed E-state index contributed by atoms with van der Waals surface area (Å²) in [5.41, 5.74) is 0.0236. The molecule has 2 rings (SSSR count). The molecule has 5 heteroatoms. The lowest BCUT2D eigenvalue weighted by Crippen LogP contribution is -2.39. The van der Waals surface area contributed by atoms with Crippen LogP contribution in [0.5, 0.6) is 0 Å². The van der Waals surface area contributed by atoms with E-state index in [2.05, 4.69) is 25.8 Å². The zero-order valence-corrected chi connectivity index (χ0v) is 11.9. The summed E-state index contributed by atoms with van der Waals surface area (Å²) >= 11 is 3.61. The van der Waals surface area contributed by atoms with Crippen molar-refractivity contribution in [3.63, 3.8) is 0 Å². The fraction of sp³-hybridized carbons (Fsp3) is 0.667. The first kappa shape index (κ1) is 12.6. The third kappa shape index (κ3) is 2.70. The second-order valence-electron chi connectivity index (χ2n) is 4.72. The number of halogens is 1. The molecule has 1 fully saturated rings. The molecule has 0 atom stereocenters. The van der Waals surface area contributed by atoms with Crippen LogP contribution in [0.15, 0.2) is 17.2 Å². The highest BCUT2D eigenvalue weighted by Crippen LogP contribution is 2.19. The van der Waals surface area contributed by atoms with Gasteiger partial charge in [0, 0.05) is 36.4 Å². The second-order valence-corrected chi connectivity index (χ2v) is 6.01. The highest BCUT2D eigenvalue weighted by molar-refractivity contribution is 9.09. The van der Waals surface area contributed by atoms with Gasteiger partial charge in [-0.15, -0.1) is 0 Å². The predicted octanol–water partition coefficient (Wildman–Crippen LogP) is 2.19. The highest BCUT2D eigenvalue weighted by Gasteiger charge is 2.20. The Morgan fingerprint density at radius 1 is 1.41 bits per heavy atom. The molecule has 1 aliphatic heterocycles. The maximum Gasteiger partial charge on any atom is 0.293 e. The van der Waals surface area contributed by atoms with Gasteiger partial charge in [0.15, 0.2) is 5.82 Å². The van der Waals surface area contributed by atoms with Crippen LogP contribution in [0.4, 0.5) is 5.82 Å². The Kier molecular flexibility index (Phi) is 3.86. The van der Waals surface area contributed by atoms with Gasteiger partial charge in [-0.25, -0.2) is 4.98 Å². The minimum atomic E-state index is 0.0236. The van der Waals surface area contributed by atoms with Gasteiger partial charge in [0.2, 0.25) is 0 Å². The first-order valence-electron chi connectivity index (χ1n) is 6.05. The number of piperidine rings is 1. The molecule has 17 heavy (non-hydrogen) atoms. The Balaban J connectivity index is 2.27. The molecule has 1 aromatic heterocycles. The topological polar surface area (TPSA) is 38.1 Å². The average Bonchev–Trinajstić information content (AvgIpc) is 2.30. The normalized spacial score (nSPS) is 17.8. The number of hydrogen-bond acceptors (Lipinski definition) is 3. The summed E-state index contributed by atoms with van der Waals surface area (Å²) in [4.78, 5) is 19.2. The molecule has 0 aliphatic carbocycles. The first-order chi connectivity index (χ1) is 8.09. The Labute approximate surface area is 110 Å². The van der Waals surface area contributed by atoms with Crippen LogP contribution in [-0.2, 0) is 0 Å². The van der Waals surface area contributed by atoms with E-state index >= 15 is 0 Å². The van der Waals surface area contributed by atoms with Gasteiger partial charge in [-0.2, -0.15) is 0 Å². The van der Waals surface area contributed by atoms with Gasteiger partial charge in [0.1, 0.15) is 0 Å². The summed E-state index contributed by atoms with van der Waals surface area (Å²) < 4.78 is 1.74. The van der Waals surface area contributed by atoms with Crippen LogP contribution >= 0.6 is 15.9 Å². The molecule has 1 saturated heterocycles. The Hall–Kier alpha value is -0.840. The number of nitrogens with zero attached hydrogens (tertiary/aromatic N) is 3. The van der Waals surface area contributed by atoms with Crippen molar-refractivity contribution in [1.29, 1.82) is 0 Å². The zero-order chi connectivity index (χ0) is 12.4. The van der Waals surface area contributed by atoms with Crippen molar-refractivity contribution in [3.8, 4) is 0 Å². The van der Waals surface area contributed by atoms with Crippen LogP contribution in [0.2, 0.25) is 0 Å². The summed E-state index contributed by atoms with van der Waals surface area (Å²) in [5, 5.41) is 0. The number of alkyl halides is 1. The predicted molar refractivity (Wildman–Crippen MR) is 73.0 cm³/mol. The van der Waals surface area contributed by atoms with Crippen molar-refractivity contribution >= 4 is 21.7 Å². The highest BCUT2D eigenvalue weighted by atomic mass is 79.9. The van der Waals surface area contributed by atoms with Crippen LogP contribution in [0.3, 0.4) is 0 Å². The quantitative estimate of drug-likeness (QED) is 0.786. The number of hydrogen-bond donors (Lipinski definition) is 0. The summed E-state index contributed by atoms with van der Waals surface area (Å²) in [6.45, 7) is 5.83. The molecule has 0 bridgehead atoms. The molecular weight excluding hydrogens is 282 g/mol. The van der Waals surface area contributed by atoms with Gasteiger partial charge in [-0.05, 0) is 26.7 Å². The molecule has 0 spiro atoms. The summed E-state index contributed by atoms with van der Waals surface area (Å²) in [6, 6.07) is 0.179. The van der Waals surface area contributed by atoms with Crippen molar-refractivity contribution in [2.24, 2.45) is 0 Å². The van der Waals surface area contributed by atoms with Gasteiger partial charge >= 0.3 is 0 Å². The molecule has 0 radical (unpaired) electrons. The van der Waals surface area contributed by atoms with Gasteiger partial charge in [0.25, 0.3) is 5.56 Å². The fourth-order valence-corrected chi connectivity index (χ4v) is 2.51. The molecule has 0 N–H and O–H groups in total. The number of rotatable bonds is 2. The van der Waals surface area contributed by atoms with E-state index in [9.17, 15) is 4.79 Å². The third-order valence-corrected chi connectivity index (χ3v) is 4.05. The Morgan fingerprint density at radius 2 is 2.06 bits per heavy atom. The van der Waals surface area contributed by atoms with Crippen molar-refractivity contribution in [2.75, 3.05) is 18.0 Å². The Morgan fingerprint density at radius 3 is 2.65 bits per heavy atom. The summed E-state index contributed by atoms with van der Waals surface area (Å²) in [5.74, 6) is 0.598. The molecule has 94 valence electrons. The van der Waals surface area contributed by atoms with Crippen molar-refractivity contribution in [2.45, 2.75) is 37.6 Å². The number of anilines is 1. The van der Waals surface area contributed by atoms with E-state index in [0.29, 0.717) is 10.6 Å². The maximum absolute atomic E-state index is 12.2. The smallest absolute Gasteiger partial charge is 0.293 e. The standard InChI is InChI=1S/C12H18BrN3O/c1-9(2)16-8-5-14-11(12(16)17)15-6-3-10(13)4-7-15/h5,8-10H,3-4,6-7H2,1-2H3. The fourth-order valence-electron chi connectivity index (χ4n) is 2.10. The lowest BCUT2D eigenvalue weighted by atomic mass is 10.1. The van der Waals surface area contributed by atoms with E-state index < -0.39 is 0 Å². The second kappa shape index (κ2) is 5.21. The number of aromatic nitrogens is 2. The summed E-state index contributed by atoms with van der Waals surface area (Å²) in [6.07, 6.45) is 5.61. The zero-order valence-electron chi connectivity index (χ0n) is 10.3. The van der Waals surface area contributed by atoms with E-state index in [1.54, 1.807) is 17.0 Å². The molecule has 2 heterocycles. The van der Waals surface area contributed by atoms with Gasteiger partial charge in [-0.3, -0.25) is 4.79 Å². The minimum Gasteiger partial charge on any atom is -0.352 e. The van der Waals surface area contributed by atoms with Gasteiger partial charge in [0.05, 0.1) is 0 Å². The SMILES string of the molecule is CC(C)n1ccnc(N2CCC(Br)CC2)c1=O.